The van der Waals surface area contributed by atoms with Crippen LogP contribution >= 0.6 is 0 Å². The zero-order valence-corrected chi connectivity index (χ0v) is 32.6. The van der Waals surface area contributed by atoms with Crippen molar-refractivity contribution in [2.24, 2.45) is 0 Å². The lowest BCUT2D eigenvalue weighted by molar-refractivity contribution is -0.136. The van der Waals surface area contributed by atoms with E-state index < -0.39 is 36.1 Å². The molecule has 5 aliphatic rings. The number of aryl methyl sites for hydroxylation is 1. The molecule has 1 atom stereocenters. The van der Waals surface area contributed by atoms with Gasteiger partial charge in [-0.05, 0) is 73.6 Å². The normalized spacial score (nSPS) is 19.5. The Morgan fingerprint density at radius 3 is 2.53 bits per heavy atom. The van der Waals surface area contributed by atoms with Crippen LogP contribution in [0, 0.1) is 0 Å². The van der Waals surface area contributed by atoms with Gasteiger partial charge < -0.3 is 19.9 Å². The molecule has 5 aromatic rings. The molecule has 0 aliphatic carbocycles. The van der Waals surface area contributed by atoms with Crippen LogP contribution in [0.15, 0.2) is 48.8 Å². The monoisotopic (exact) mass is 818 g/mol. The van der Waals surface area contributed by atoms with Gasteiger partial charge in [0, 0.05) is 98.3 Å². The van der Waals surface area contributed by atoms with Gasteiger partial charge in [0.2, 0.25) is 17.7 Å². The third-order valence-corrected chi connectivity index (χ3v) is 12.2. The van der Waals surface area contributed by atoms with Crippen molar-refractivity contribution < 1.29 is 37.5 Å². The summed E-state index contributed by atoms with van der Waals surface area (Å²) in [6.07, 6.45) is 4.23. The molecular formula is C42H40F2N10O6. The molecule has 16 nitrogen and oxygen atoms in total. The number of ether oxygens (including phenoxy) is 1. The van der Waals surface area contributed by atoms with Gasteiger partial charge in [0.15, 0.2) is 17.3 Å². The van der Waals surface area contributed by atoms with Crippen LogP contribution in [0.25, 0.3) is 16.8 Å². The summed E-state index contributed by atoms with van der Waals surface area (Å²) in [4.78, 5) is 72.5. The molecule has 0 bridgehead atoms. The second-order valence-corrected chi connectivity index (χ2v) is 15.9. The van der Waals surface area contributed by atoms with Gasteiger partial charge in [0.25, 0.3) is 18.2 Å². The van der Waals surface area contributed by atoms with Crippen molar-refractivity contribution in [3.63, 3.8) is 0 Å². The number of halogens is 2. The molecular weight excluding hydrogens is 779 g/mol. The van der Waals surface area contributed by atoms with Crippen LogP contribution in [-0.2, 0) is 38.5 Å². The molecule has 10 rings (SSSR count). The minimum Gasteiger partial charge on any atom is -0.381 e. The highest BCUT2D eigenvalue weighted by molar-refractivity contribution is 6.23. The lowest BCUT2D eigenvalue weighted by Crippen LogP contribution is -2.54. The van der Waals surface area contributed by atoms with Gasteiger partial charge in [-0.2, -0.15) is 5.10 Å². The van der Waals surface area contributed by atoms with E-state index in [0.29, 0.717) is 85.5 Å². The highest BCUT2D eigenvalue weighted by atomic mass is 19.3. The van der Waals surface area contributed by atoms with Gasteiger partial charge >= 0.3 is 0 Å². The number of piperidine rings is 1. The first-order chi connectivity index (χ1) is 29.0. The molecule has 2 N–H and O–H groups in total. The first-order valence-corrected chi connectivity index (χ1v) is 20.2. The van der Waals surface area contributed by atoms with Crippen LogP contribution in [0.5, 0.6) is 0 Å². The number of hydrogen-bond donors (Lipinski definition) is 2. The first-order valence-electron chi connectivity index (χ1n) is 20.2. The third-order valence-electron chi connectivity index (χ3n) is 12.2. The van der Waals surface area contributed by atoms with E-state index in [4.69, 9.17) is 9.84 Å². The summed E-state index contributed by atoms with van der Waals surface area (Å²) >= 11 is 0. The minimum atomic E-state index is -2.80. The highest BCUT2D eigenvalue weighted by Gasteiger charge is 2.45. The SMILES string of the molecule is CC(=O)N1CCc2c(c(N3CCCc4cc(-c5cnc6cc(Nc7ccc8c(c7)C(=O)N(C7CCC(=O)NC7=O)C8=O)nn6c5)c(C(F)F)cc43)nn2C2CCOCC2)C1. The second kappa shape index (κ2) is 14.6. The van der Waals surface area contributed by atoms with Crippen molar-refractivity contribution in [3.8, 4) is 11.1 Å². The summed E-state index contributed by atoms with van der Waals surface area (Å²) < 4.78 is 39.5. The number of alkyl halides is 2. The highest BCUT2D eigenvalue weighted by Crippen LogP contribution is 2.44. The predicted molar refractivity (Wildman–Crippen MR) is 211 cm³/mol. The van der Waals surface area contributed by atoms with Gasteiger partial charge in [-0.1, -0.05) is 0 Å². The largest absolute Gasteiger partial charge is 0.381 e. The number of fused-ring (bicyclic) bond motifs is 4. The van der Waals surface area contributed by atoms with Crippen LogP contribution in [-0.4, -0.2) is 96.1 Å². The molecule has 1 unspecified atom stereocenters. The van der Waals surface area contributed by atoms with E-state index in [2.05, 4.69) is 30.3 Å². The first kappa shape index (κ1) is 37.7. The summed E-state index contributed by atoms with van der Waals surface area (Å²) in [5.41, 5.74) is 5.39. The van der Waals surface area contributed by atoms with E-state index in [9.17, 15) is 24.0 Å². The Morgan fingerprint density at radius 1 is 0.933 bits per heavy atom. The Hall–Kier alpha value is -6.56. The Bertz CT molecular complexity index is 2650. The van der Waals surface area contributed by atoms with Crippen LogP contribution < -0.4 is 15.5 Å². The number of anilines is 4. The van der Waals surface area contributed by atoms with E-state index in [0.717, 1.165) is 41.0 Å². The molecule has 18 heteroatoms. The van der Waals surface area contributed by atoms with E-state index in [1.54, 1.807) is 37.5 Å². The van der Waals surface area contributed by atoms with Crippen molar-refractivity contribution in [1.82, 2.24) is 39.5 Å². The maximum absolute atomic E-state index is 15.1. The van der Waals surface area contributed by atoms with E-state index >= 15 is 8.78 Å². The lowest BCUT2D eigenvalue weighted by atomic mass is 9.92. The molecule has 2 fully saturated rings. The standard InChI is InChI=1S/C42H40F2N10O6/c1-22(55)50-12-8-32-31(21-50)39(49-54(32)26-9-13-60-14-10-26)51-11-2-3-23-15-28(29(38(43)44)17-34(23)51)24-19-45-36-18-35(48-52(36)20-24)46-25-4-5-27-30(16-25)42(59)53(41(27)58)33-6-7-37(56)47-40(33)57/h4-5,15-20,26,33,38H,2-3,6-14,21H2,1H3,(H,46,48)(H,47,56,57). The summed E-state index contributed by atoms with van der Waals surface area (Å²) in [7, 11) is 0. The van der Waals surface area contributed by atoms with Gasteiger partial charge in [-0.25, -0.2) is 18.3 Å². The quantitative estimate of drug-likeness (QED) is 0.211. The number of nitrogens with zero attached hydrogens (tertiary/aromatic N) is 8. The minimum absolute atomic E-state index is 0.0164. The van der Waals surface area contributed by atoms with Crippen LogP contribution in [0.2, 0.25) is 0 Å². The number of carbonyl (C=O) groups is 5. The summed E-state index contributed by atoms with van der Waals surface area (Å²) in [6.45, 7) is 4.46. The number of hydrogen-bond acceptors (Lipinski definition) is 11. The topological polar surface area (TPSA) is 176 Å². The van der Waals surface area contributed by atoms with Crippen LogP contribution in [0.3, 0.4) is 0 Å². The van der Waals surface area contributed by atoms with Crippen LogP contribution in [0.4, 0.5) is 31.8 Å². The number of carbonyl (C=O) groups excluding carboxylic acids is 5. The number of benzene rings is 2. The number of rotatable bonds is 7. The number of nitrogens with one attached hydrogen (secondary N) is 2. The molecule has 0 radical (unpaired) electrons. The molecule has 0 saturated carbocycles. The lowest BCUT2D eigenvalue weighted by Gasteiger charge is -2.33. The molecule has 308 valence electrons. The maximum atomic E-state index is 15.1. The summed E-state index contributed by atoms with van der Waals surface area (Å²) in [5.74, 6) is -1.35. The summed E-state index contributed by atoms with van der Waals surface area (Å²) in [6, 6.07) is 8.73. The van der Waals surface area contributed by atoms with Gasteiger partial charge in [-0.3, -0.25) is 38.9 Å². The molecule has 5 amide bonds. The summed E-state index contributed by atoms with van der Waals surface area (Å²) in [5, 5.41) is 15.1. The molecule has 2 saturated heterocycles. The fourth-order valence-electron chi connectivity index (χ4n) is 9.22. The predicted octanol–water partition coefficient (Wildman–Crippen LogP) is 5.02. The zero-order chi connectivity index (χ0) is 41.4. The van der Waals surface area contributed by atoms with Crippen molar-refractivity contribution in [1.29, 1.82) is 0 Å². The van der Waals surface area contributed by atoms with E-state index in [1.807, 2.05) is 11.0 Å². The Morgan fingerprint density at radius 2 is 1.75 bits per heavy atom. The van der Waals surface area contributed by atoms with Gasteiger partial charge in [0.05, 0.1) is 23.7 Å². The van der Waals surface area contributed by atoms with E-state index in [1.165, 1.54) is 16.6 Å². The Balaban J connectivity index is 0.943. The fraction of sp³-hybridized carbons (Fsp3) is 0.381. The number of amides is 5. The maximum Gasteiger partial charge on any atom is 0.264 e. The molecule has 0 spiro atoms. The van der Waals surface area contributed by atoms with Crippen molar-refractivity contribution in [2.75, 3.05) is 36.5 Å². The van der Waals surface area contributed by atoms with Crippen molar-refractivity contribution in [3.05, 3.63) is 82.3 Å². The van der Waals surface area contributed by atoms with Gasteiger partial charge in [-0.15, -0.1) is 5.10 Å². The molecule has 60 heavy (non-hydrogen) atoms. The van der Waals surface area contributed by atoms with Gasteiger partial charge in [0.1, 0.15) is 6.04 Å². The smallest absolute Gasteiger partial charge is 0.264 e. The average Bonchev–Trinajstić information content (AvgIpc) is 3.91. The average molecular weight is 819 g/mol. The molecule has 2 aromatic carbocycles. The molecule has 3 aromatic heterocycles. The molecule has 8 heterocycles. The number of imide groups is 2. The van der Waals surface area contributed by atoms with Crippen LogP contribution in [0.1, 0.15) is 94.6 Å². The zero-order valence-electron chi connectivity index (χ0n) is 32.6. The second-order valence-electron chi connectivity index (χ2n) is 15.9. The third kappa shape index (κ3) is 6.36. The fourth-order valence-corrected chi connectivity index (χ4v) is 9.22. The Labute approximate surface area is 341 Å². The van der Waals surface area contributed by atoms with Crippen molar-refractivity contribution in [2.45, 2.75) is 76.9 Å². The van der Waals surface area contributed by atoms with E-state index in [-0.39, 0.29) is 41.5 Å². The molecule has 5 aliphatic heterocycles. The van der Waals surface area contributed by atoms with Crippen molar-refractivity contribution >= 4 is 58.2 Å². The Kier molecular flexibility index (Phi) is 9.18. The number of aromatic nitrogens is 5.